The third kappa shape index (κ3) is 2.83. The minimum atomic E-state index is -0.191. The molecule has 7 nitrogen and oxygen atoms in total. The normalized spacial score (nSPS) is 11.1. The zero-order valence-electron chi connectivity index (χ0n) is 16.2. The van der Waals surface area contributed by atoms with Crippen molar-refractivity contribution < 1.29 is 4.42 Å². The van der Waals surface area contributed by atoms with Crippen molar-refractivity contribution in [2.24, 2.45) is 7.05 Å². The Bertz CT molecular complexity index is 1400. The Kier molecular flexibility index (Phi) is 4.11. The van der Waals surface area contributed by atoms with Crippen LogP contribution in [0.5, 0.6) is 0 Å². The molecule has 0 spiro atoms. The fourth-order valence-electron chi connectivity index (χ4n) is 3.62. The van der Waals surface area contributed by atoms with E-state index in [0.29, 0.717) is 35.1 Å². The number of imidazole rings is 1. The van der Waals surface area contributed by atoms with E-state index in [1.54, 1.807) is 33.7 Å². The monoisotopic (exact) mass is 395 g/mol. The van der Waals surface area contributed by atoms with Crippen molar-refractivity contribution in [1.29, 1.82) is 5.26 Å². The third-order valence-corrected chi connectivity index (χ3v) is 5.18. The molecule has 5 rings (SSSR count). The van der Waals surface area contributed by atoms with Crippen LogP contribution in [-0.2, 0) is 13.5 Å². The van der Waals surface area contributed by atoms with Crippen molar-refractivity contribution in [3.63, 3.8) is 0 Å². The predicted molar refractivity (Wildman–Crippen MR) is 111 cm³/mol. The molecule has 2 aliphatic heterocycles. The molecule has 0 unspecified atom stereocenters. The number of aromatic nitrogens is 4. The summed E-state index contributed by atoms with van der Waals surface area (Å²) in [5, 5.41) is 9.35. The maximum Gasteiger partial charge on any atom is 0.278 e. The lowest BCUT2D eigenvalue weighted by atomic mass is 10.1. The van der Waals surface area contributed by atoms with Gasteiger partial charge in [0.15, 0.2) is 5.82 Å². The van der Waals surface area contributed by atoms with Crippen LogP contribution in [0.1, 0.15) is 17.1 Å². The zero-order valence-corrected chi connectivity index (χ0v) is 16.2. The van der Waals surface area contributed by atoms with E-state index in [1.807, 2.05) is 49.5 Å². The summed E-state index contributed by atoms with van der Waals surface area (Å²) in [4.78, 5) is 21.2. The first-order valence-corrected chi connectivity index (χ1v) is 9.44. The molecule has 2 aromatic heterocycles. The minimum Gasteiger partial charge on any atom is -0.469 e. The van der Waals surface area contributed by atoms with Gasteiger partial charge < -0.3 is 14.0 Å². The fourth-order valence-corrected chi connectivity index (χ4v) is 3.62. The van der Waals surface area contributed by atoms with Crippen LogP contribution in [-0.4, -0.2) is 19.1 Å². The van der Waals surface area contributed by atoms with E-state index in [4.69, 9.17) is 4.42 Å². The highest BCUT2D eigenvalue weighted by Crippen LogP contribution is 2.29. The number of nitriles is 1. The summed E-state index contributed by atoms with van der Waals surface area (Å²) in [5.41, 5.74) is 3.88. The molecule has 4 heterocycles. The average molecular weight is 395 g/mol. The van der Waals surface area contributed by atoms with Gasteiger partial charge in [0.05, 0.1) is 24.1 Å². The van der Waals surface area contributed by atoms with Gasteiger partial charge in [0.2, 0.25) is 0 Å². The van der Waals surface area contributed by atoms with Crippen LogP contribution in [0.3, 0.4) is 0 Å². The SMILES string of the molecule is Cn1c(C#N)ccc1-c1[nH]c(-c2ccccc2)cn2c(=O)c(Cc3ccco3)nc1-2. The van der Waals surface area contributed by atoms with Gasteiger partial charge in [-0.1, -0.05) is 30.3 Å². The van der Waals surface area contributed by atoms with Gasteiger partial charge in [-0.15, -0.1) is 0 Å². The molecule has 0 aliphatic carbocycles. The maximum absolute atomic E-state index is 13.2. The molecular formula is C23H17N5O2. The van der Waals surface area contributed by atoms with E-state index >= 15 is 0 Å². The standard InChI is InChI=1S/C23H17N5O2/c1-27-16(13-24)9-10-20(27)21-22-26-18(12-17-8-5-11-30-17)23(29)28(22)14-19(25-21)15-6-3-2-4-7-15/h2-11,14,25H,12H2,1H3. The molecule has 146 valence electrons. The van der Waals surface area contributed by atoms with E-state index in [2.05, 4.69) is 16.0 Å². The lowest BCUT2D eigenvalue weighted by Crippen LogP contribution is -2.17. The molecule has 1 aromatic carbocycles. The van der Waals surface area contributed by atoms with Crippen molar-refractivity contribution in [2.75, 3.05) is 0 Å². The van der Waals surface area contributed by atoms with Crippen LogP contribution in [0.25, 0.3) is 28.5 Å². The molecule has 0 amide bonds. The lowest BCUT2D eigenvalue weighted by molar-refractivity contribution is 0.519. The van der Waals surface area contributed by atoms with E-state index in [1.165, 1.54) is 0 Å². The lowest BCUT2D eigenvalue weighted by Gasteiger charge is -2.14. The van der Waals surface area contributed by atoms with Gasteiger partial charge in [0.1, 0.15) is 28.9 Å². The highest BCUT2D eigenvalue weighted by atomic mass is 16.3. The molecule has 0 fully saturated rings. The molecule has 2 aliphatic rings. The molecule has 0 radical (unpaired) electrons. The second-order valence-electron chi connectivity index (χ2n) is 7.00. The number of nitrogens with zero attached hydrogens (tertiary/aromatic N) is 4. The number of furan rings is 1. The van der Waals surface area contributed by atoms with Crippen molar-refractivity contribution in [1.82, 2.24) is 19.1 Å². The number of rotatable bonds is 4. The molecule has 0 saturated heterocycles. The Hall–Kier alpha value is -4.31. The Morgan fingerprint density at radius 3 is 2.67 bits per heavy atom. The van der Waals surface area contributed by atoms with Gasteiger partial charge in [-0.2, -0.15) is 5.26 Å². The van der Waals surface area contributed by atoms with Crippen LogP contribution in [0.15, 0.2) is 76.3 Å². The Morgan fingerprint density at radius 2 is 1.97 bits per heavy atom. The predicted octanol–water partition coefficient (Wildman–Crippen LogP) is 3.73. The number of hydrogen-bond donors (Lipinski definition) is 1. The number of fused-ring (bicyclic) bond motifs is 1. The number of aromatic amines is 1. The second kappa shape index (κ2) is 6.94. The van der Waals surface area contributed by atoms with E-state index in [9.17, 15) is 10.1 Å². The van der Waals surface area contributed by atoms with Crippen molar-refractivity contribution in [3.8, 4) is 34.5 Å². The number of hydrogen-bond acceptors (Lipinski definition) is 4. The Morgan fingerprint density at radius 1 is 1.13 bits per heavy atom. The van der Waals surface area contributed by atoms with Crippen molar-refractivity contribution in [2.45, 2.75) is 6.42 Å². The van der Waals surface area contributed by atoms with E-state index < -0.39 is 0 Å². The smallest absolute Gasteiger partial charge is 0.278 e. The molecule has 0 atom stereocenters. The summed E-state index contributed by atoms with van der Waals surface area (Å²) in [6, 6.07) is 19.2. The Labute approximate surface area is 171 Å². The van der Waals surface area contributed by atoms with Gasteiger partial charge >= 0.3 is 0 Å². The van der Waals surface area contributed by atoms with Crippen LogP contribution in [0.2, 0.25) is 0 Å². The molecule has 0 bridgehead atoms. The zero-order chi connectivity index (χ0) is 20.7. The van der Waals surface area contributed by atoms with E-state index in [0.717, 1.165) is 17.0 Å². The fraction of sp³-hybridized carbons (Fsp3) is 0.0870. The first-order valence-electron chi connectivity index (χ1n) is 9.44. The summed E-state index contributed by atoms with van der Waals surface area (Å²) in [6.07, 6.45) is 3.66. The number of H-pyrrole nitrogens is 1. The largest absolute Gasteiger partial charge is 0.469 e. The summed E-state index contributed by atoms with van der Waals surface area (Å²) in [6.45, 7) is 0. The van der Waals surface area contributed by atoms with E-state index in [-0.39, 0.29) is 5.56 Å². The Balaban J connectivity index is 1.77. The second-order valence-corrected chi connectivity index (χ2v) is 7.00. The van der Waals surface area contributed by atoms with Gasteiger partial charge in [0.25, 0.3) is 5.56 Å². The molecule has 7 heteroatoms. The van der Waals surface area contributed by atoms with Crippen LogP contribution < -0.4 is 5.56 Å². The number of nitrogens with one attached hydrogen (secondary N) is 1. The van der Waals surface area contributed by atoms with Gasteiger partial charge in [-0.05, 0) is 29.8 Å². The minimum absolute atomic E-state index is 0.191. The molecule has 3 aromatic rings. The van der Waals surface area contributed by atoms with Crippen LogP contribution >= 0.6 is 0 Å². The van der Waals surface area contributed by atoms with Crippen LogP contribution in [0, 0.1) is 11.3 Å². The first kappa shape index (κ1) is 17.8. The highest BCUT2D eigenvalue weighted by Gasteiger charge is 2.23. The first-order chi connectivity index (χ1) is 14.7. The topological polar surface area (TPSA) is 92.5 Å². The molecule has 30 heavy (non-hydrogen) atoms. The quantitative estimate of drug-likeness (QED) is 0.502. The summed E-state index contributed by atoms with van der Waals surface area (Å²) < 4.78 is 8.74. The molecular weight excluding hydrogens is 378 g/mol. The summed E-state index contributed by atoms with van der Waals surface area (Å²) in [5.74, 6) is 1.18. The average Bonchev–Trinajstić information content (AvgIpc) is 3.49. The van der Waals surface area contributed by atoms with Gasteiger partial charge in [0, 0.05) is 13.2 Å². The van der Waals surface area contributed by atoms with Crippen molar-refractivity contribution in [3.05, 3.63) is 94.6 Å². The molecule has 1 N–H and O–H groups in total. The van der Waals surface area contributed by atoms with Crippen LogP contribution in [0.4, 0.5) is 0 Å². The van der Waals surface area contributed by atoms with Crippen molar-refractivity contribution >= 4 is 0 Å². The summed E-state index contributed by atoms with van der Waals surface area (Å²) in [7, 11) is 1.82. The summed E-state index contributed by atoms with van der Waals surface area (Å²) >= 11 is 0. The number of benzene rings is 1. The maximum atomic E-state index is 13.2. The van der Waals surface area contributed by atoms with Gasteiger partial charge in [-0.25, -0.2) is 4.98 Å². The highest BCUT2D eigenvalue weighted by molar-refractivity contribution is 5.71. The third-order valence-electron chi connectivity index (χ3n) is 5.18. The molecule has 0 saturated carbocycles. The van der Waals surface area contributed by atoms with Gasteiger partial charge in [-0.3, -0.25) is 9.36 Å².